The predicted molar refractivity (Wildman–Crippen MR) is 109 cm³/mol. The van der Waals surface area contributed by atoms with E-state index < -0.39 is 0 Å². The van der Waals surface area contributed by atoms with Gasteiger partial charge in [-0.15, -0.1) is 0 Å². The van der Waals surface area contributed by atoms with Crippen molar-refractivity contribution in [3.8, 4) is 5.75 Å². The molecule has 0 saturated carbocycles. The van der Waals surface area contributed by atoms with Gasteiger partial charge >= 0.3 is 0 Å². The molecule has 0 saturated heterocycles. The van der Waals surface area contributed by atoms with Crippen molar-refractivity contribution in [1.82, 2.24) is 10.3 Å². The van der Waals surface area contributed by atoms with E-state index in [2.05, 4.69) is 53.5 Å². The molecule has 1 aromatic heterocycles. The quantitative estimate of drug-likeness (QED) is 0.656. The number of nitrogens with zero attached hydrogens (tertiary/aromatic N) is 2. The van der Waals surface area contributed by atoms with Crippen molar-refractivity contribution in [2.75, 3.05) is 32.6 Å². The zero-order valence-corrected chi connectivity index (χ0v) is 16.0. The Labute approximate surface area is 155 Å². The molecule has 2 aromatic carbocycles. The summed E-state index contributed by atoms with van der Waals surface area (Å²) in [7, 11) is 5.79. The molecule has 0 bridgehead atoms. The minimum atomic E-state index is 0.800. The van der Waals surface area contributed by atoms with Crippen LogP contribution in [-0.2, 0) is 13.0 Å². The number of aryl methyl sites for hydroxylation is 1. The highest BCUT2D eigenvalue weighted by atomic mass is 16.5. The molecule has 0 spiro atoms. The molecule has 0 unspecified atom stereocenters. The van der Waals surface area contributed by atoms with Crippen LogP contribution in [0.4, 0.5) is 5.82 Å². The van der Waals surface area contributed by atoms with E-state index >= 15 is 0 Å². The lowest BCUT2D eigenvalue weighted by molar-refractivity contribution is 0.414. The average molecular weight is 349 g/mol. The van der Waals surface area contributed by atoms with E-state index in [0.717, 1.165) is 36.6 Å². The summed E-state index contributed by atoms with van der Waals surface area (Å²) in [6.07, 6.45) is 0.967. The monoisotopic (exact) mass is 349 g/mol. The number of benzene rings is 2. The second-order valence-electron chi connectivity index (χ2n) is 6.84. The molecule has 0 aliphatic heterocycles. The molecule has 0 radical (unpaired) electrons. The topological polar surface area (TPSA) is 37.4 Å². The third-order valence-electron chi connectivity index (χ3n) is 4.49. The molecule has 0 aliphatic rings. The number of aromatic nitrogens is 1. The summed E-state index contributed by atoms with van der Waals surface area (Å²) < 4.78 is 5.29. The van der Waals surface area contributed by atoms with Gasteiger partial charge in [-0.05, 0) is 55.3 Å². The summed E-state index contributed by atoms with van der Waals surface area (Å²) in [5.74, 6) is 1.93. The van der Waals surface area contributed by atoms with Gasteiger partial charge in [-0.3, -0.25) is 0 Å². The fourth-order valence-corrected chi connectivity index (χ4v) is 3.11. The molecule has 3 aromatic rings. The fourth-order valence-electron chi connectivity index (χ4n) is 3.11. The summed E-state index contributed by atoms with van der Waals surface area (Å²) in [5, 5.41) is 4.74. The van der Waals surface area contributed by atoms with Gasteiger partial charge < -0.3 is 15.0 Å². The molecule has 0 aliphatic carbocycles. The number of nitrogens with one attached hydrogen (secondary N) is 1. The van der Waals surface area contributed by atoms with Gasteiger partial charge in [0.2, 0.25) is 0 Å². The van der Waals surface area contributed by atoms with E-state index in [1.807, 2.05) is 26.2 Å². The van der Waals surface area contributed by atoms with Crippen LogP contribution >= 0.6 is 0 Å². The van der Waals surface area contributed by atoms with Crippen LogP contribution in [0.1, 0.15) is 16.7 Å². The number of ether oxygens (including phenoxy) is 1. The van der Waals surface area contributed by atoms with E-state index in [-0.39, 0.29) is 0 Å². The van der Waals surface area contributed by atoms with Gasteiger partial charge in [-0.1, -0.05) is 24.3 Å². The van der Waals surface area contributed by atoms with E-state index in [1.165, 1.54) is 22.1 Å². The highest BCUT2D eigenvalue weighted by Crippen LogP contribution is 2.23. The smallest absolute Gasteiger partial charge is 0.133 e. The molecule has 4 heteroatoms. The molecule has 0 fully saturated rings. The third kappa shape index (κ3) is 4.33. The Morgan fingerprint density at radius 1 is 1.08 bits per heavy atom. The number of methoxy groups -OCH3 is 1. The lowest BCUT2D eigenvalue weighted by Crippen LogP contribution is -2.20. The minimum absolute atomic E-state index is 0.800. The molecule has 4 nitrogen and oxygen atoms in total. The van der Waals surface area contributed by atoms with Crippen LogP contribution in [0.15, 0.2) is 48.5 Å². The Balaban J connectivity index is 1.69. The molecular weight excluding hydrogens is 322 g/mol. The summed E-state index contributed by atoms with van der Waals surface area (Å²) in [6, 6.07) is 16.9. The molecule has 1 N–H and O–H groups in total. The van der Waals surface area contributed by atoms with Crippen molar-refractivity contribution in [1.29, 1.82) is 0 Å². The second kappa shape index (κ2) is 8.19. The Kier molecular flexibility index (Phi) is 5.74. The first-order valence-corrected chi connectivity index (χ1v) is 8.98. The zero-order valence-electron chi connectivity index (χ0n) is 16.0. The summed E-state index contributed by atoms with van der Waals surface area (Å²) in [4.78, 5) is 6.95. The van der Waals surface area contributed by atoms with Crippen LogP contribution in [0, 0.1) is 6.92 Å². The highest BCUT2D eigenvalue weighted by molar-refractivity contribution is 5.82. The van der Waals surface area contributed by atoms with E-state index in [9.17, 15) is 0 Å². The van der Waals surface area contributed by atoms with Gasteiger partial charge in [0.1, 0.15) is 11.6 Å². The van der Waals surface area contributed by atoms with Crippen molar-refractivity contribution in [3.63, 3.8) is 0 Å². The number of hydrogen-bond donors (Lipinski definition) is 1. The maximum absolute atomic E-state index is 5.29. The van der Waals surface area contributed by atoms with Gasteiger partial charge in [0.15, 0.2) is 0 Å². The van der Waals surface area contributed by atoms with Crippen LogP contribution in [0.5, 0.6) is 5.75 Å². The van der Waals surface area contributed by atoms with Gasteiger partial charge in [0.05, 0.1) is 12.6 Å². The van der Waals surface area contributed by atoms with E-state index in [1.54, 1.807) is 7.11 Å². The Bertz CT molecular complexity index is 890. The number of rotatable bonds is 7. The molecular formula is C22H27N3O. The Morgan fingerprint density at radius 3 is 2.69 bits per heavy atom. The summed E-state index contributed by atoms with van der Waals surface area (Å²) in [6.45, 7) is 3.81. The fraction of sp³-hybridized carbons (Fsp3) is 0.318. The maximum Gasteiger partial charge on any atom is 0.133 e. The molecule has 26 heavy (non-hydrogen) atoms. The predicted octanol–water partition coefficient (Wildman–Crippen LogP) is 3.95. The van der Waals surface area contributed by atoms with Crippen molar-refractivity contribution in [2.45, 2.75) is 19.9 Å². The molecule has 1 heterocycles. The molecule has 3 rings (SSSR count). The summed E-state index contributed by atoms with van der Waals surface area (Å²) in [5.41, 5.74) is 4.78. The van der Waals surface area contributed by atoms with Crippen LogP contribution in [0.25, 0.3) is 10.9 Å². The number of pyridine rings is 1. The van der Waals surface area contributed by atoms with E-state index in [0.29, 0.717) is 0 Å². The third-order valence-corrected chi connectivity index (χ3v) is 4.49. The Hall–Kier alpha value is -2.59. The van der Waals surface area contributed by atoms with Gasteiger partial charge in [0.25, 0.3) is 0 Å². The molecule has 136 valence electrons. The van der Waals surface area contributed by atoms with E-state index in [4.69, 9.17) is 9.72 Å². The highest BCUT2D eigenvalue weighted by Gasteiger charge is 2.09. The minimum Gasteiger partial charge on any atom is -0.497 e. The van der Waals surface area contributed by atoms with Crippen molar-refractivity contribution >= 4 is 16.7 Å². The normalized spacial score (nSPS) is 10.9. The van der Waals surface area contributed by atoms with Crippen LogP contribution in [-0.4, -0.2) is 32.7 Å². The Morgan fingerprint density at radius 2 is 1.92 bits per heavy atom. The lowest BCUT2D eigenvalue weighted by atomic mass is 10.1. The van der Waals surface area contributed by atoms with Crippen molar-refractivity contribution in [3.05, 3.63) is 65.2 Å². The van der Waals surface area contributed by atoms with Crippen LogP contribution in [0.2, 0.25) is 0 Å². The number of anilines is 1. The number of fused-ring (bicyclic) bond motifs is 1. The zero-order chi connectivity index (χ0) is 18.5. The van der Waals surface area contributed by atoms with Crippen LogP contribution < -0.4 is 15.0 Å². The first kappa shape index (κ1) is 18.2. The first-order chi connectivity index (χ1) is 12.6. The molecule has 0 amide bonds. The van der Waals surface area contributed by atoms with Gasteiger partial charge in [0, 0.05) is 31.6 Å². The average Bonchev–Trinajstić information content (AvgIpc) is 2.64. The number of hydrogen-bond acceptors (Lipinski definition) is 4. The largest absolute Gasteiger partial charge is 0.497 e. The lowest BCUT2D eigenvalue weighted by Gasteiger charge is -2.18. The van der Waals surface area contributed by atoms with Crippen LogP contribution in [0.3, 0.4) is 0 Å². The maximum atomic E-state index is 5.29. The summed E-state index contributed by atoms with van der Waals surface area (Å²) >= 11 is 0. The van der Waals surface area contributed by atoms with Gasteiger partial charge in [-0.25, -0.2) is 4.98 Å². The van der Waals surface area contributed by atoms with Gasteiger partial charge in [-0.2, -0.15) is 0 Å². The van der Waals surface area contributed by atoms with Crippen molar-refractivity contribution in [2.24, 2.45) is 0 Å². The molecule has 0 atom stereocenters. The standard InChI is InChI=1S/C22H27N3O/c1-16-8-9-18-14-19(22(25(2)3)24-21(18)12-16)15-23-11-10-17-6-5-7-20(13-17)26-4/h5-9,12-14,23H,10-11,15H2,1-4H3. The second-order valence-corrected chi connectivity index (χ2v) is 6.84. The van der Waals surface area contributed by atoms with Crippen molar-refractivity contribution < 1.29 is 4.74 Å². The first-order valence-electron chi connectivity index (χ1n) is 8.98. The SMILES string of the molecule is COc1cccc(CCNCc2cc3ccc(C)cc3nc2N(C)C)c1.